The number of anilines is 1. The van der Waals surface area contributed by atoms with Gasteiger partial charge in [0.1, 0.15) is 0 Å². The summed E-state index contributed by atoms with van der Waals surface area (Å²) in [6.07, 6.45) is 0.591. The summed E-state index contributed by atoms with van der Waals surface area (Å²) in [7, 11) is 0. The molecule has 4 nitrogen and oxygen atoms in total. The Bertz CT molecular complexity index is 558. The van der Waals surface area contributed by atoms with E-state index in [2.05, 4.69) is 11.8 Å². The Morgan fingerprint density at radius 3 is 2.80 bits per heavy atom. The maximum absolute atomic E-state index is 11.6. The lowest BCUT2D eigenvalue weighted by Gasteiger charge is -2.04. The van der Waals surface area contributed by atoms with Crippen LogP contribution in [-0.4, -0.2) is 23.4 Å². The second-order valence-corrected chi connectivity index (χ2v) is 5.19. The van der Waals surface area contributed by atoms with E-state index >= 15 is 0 Å². The standard InChI is InChI=1S/C15H17NO3S/c1-3-19-15(18)13-7-8-14(16)12(10-13)6-4-5-9-20-11(2)17/h7-8,10H,3,5,9,16H2,1-2H3. The minimum Gasteiger partial charge on any atom is -0.462 e. The maximum Gasteiger partial charge on any atom is 0.338 e. The largest absolute Gasteiger partial charge is 0.462 e. The van der Waals surface area contributed by atoms with Gasteiger partial charge >= 0.3 is 5.97 Å². The molecule has 2 N–H and O–H groups in total. The van der Waals surface area contributed by atoms with Crippen LogP contribution in [0.1, 0.15) is 36.2 Å². The number of benzene rings is 1. The molecule has 0 atom stereocenters. The van der Waals surface area contributed by atoms with Crippen LogP contribution in [0.25, 0.3) is 0 Å². The highest BCUT2D eigenvalue weighted by molar-refractivity contribution is 8.13. The van der Waals surface area contributed by atoms with Gasteiger partial charge in [0.25, 0.3) is 0 Å². The molecule has 0 heterocycles. The molecule has 0 radical (unpaired) electrons. The van der Waals surface area contributed by atoms with Crippen molar-refractivity contribution in [3.8, 4) is 11.8 Å². The van der Waals surface area contributed by atoms with Crippen LogP contribution in [0.2, 0.25) is 0 Å². The Kier molecular flexibility index (Phi) is 6.68. The number of esters is 1. The van der Waals surface area contributed by atoms with E-state index in [9.17, 15) is 9.59 Å². The van der Waals surface area contributed by atoms with Gasteiger partial charge in [-0.1, -0.05) is 23.6 Å². The lowest BCUT2D eigenvalue weighted by molar-refractivity contribution is -0.109. The molecule has 0 aliphatic rings. The number of hydrogen-bond acceptors (Lipinski definition) is 5. The van der Waals surface area contributed by atoms with Crippen molar-refractivity contribution in [3.63, 3.8) is 0 Å². The number of nitrogens with two attached hydrogens (primary N) is 1. The van der Waals surface area contributed by atoms with Gasteiger partial charge in [-0.25, -0.2) is 4.79 Å². The number of carbonyl (C=O) groups is 2. The minimum atomic E-state index is -0.386. The van der Waals surface area contributed by atoms with E-state index in [1.807, 2.05) is 0 Å². The molecule has 0 unspecified atom stereocenters. The van der Waals surface area contributed by atoms with E-state index in [1.54, 1.807) is 25.1 Å². The maximum atomic E-state index is 11.6. The molecular formula is C15H17NO3S. The molecular weight excluding hydrogens is 274 g/mol. The average molecular weight is 291 g/mol. The van der Waals surface area contributed by atoms with Crippen LogP contribution in [0, 0.1) is 11.8 Å². The van der Waals surface area contributed by atoms with Crippen LogP contribution in [0.15, 0.2) is 18.2 Å². The fraction of sp³-hybridized carbons (Fsp3) is 0.333. The third-order valence-electron chi connectivity index (χ3n) is 2.32. The number of rotatable bonds is 4. The quantitative estimate of drug-likeness (QED) is 0.399. The fourth-order valence-electron chi connectivity index (χ4n) is 1.41. The molecule has 0 saturated heterocycles. The first-order valence-electron chi connectivity index (χ1n) is 6.23. The van der Waals surface area contributed by atoms with Gasteiger partial charge in [0.2, 0.25) is 0 Å². The minimum absolute atomic E-state index is 0.0793. The third kappa shape index (κ3) is 5.37. The van der Waals surface area contributed by atoms with Crippen LogP contribution >= 0.6 is 11.8 Å². The topological polar surface area (TPSA) is 69.4 Å². The molecule has 0 aliphatic heterocycles. The first-order valence-corrected chi connectivity index (χ1v) is 7.22. The van der Waals surface area contributed by atoms with Crippen molar-refractivity contribution in [2.45, 2.75) is 20.3 Å². The fourth-order valence-corrected chi connectivity index (χ4v) is 1.90. The predicted octanol–water partition coefficient (Wildman–Crippen LogP) is 2.47. The van der Waals surface area contributed by atoms with E-state index in [4.69, 9.17) is 10.5 Å². The zero-order valence-electron chi connectivity index (χ0n) is 11.6. The highest BCUT2D eigenvalue weighted by Gasteiger charge is 2.07. The van der Waals surface area contributed by atoms with Gasteiger partial charge in [0.15, 0.2) is 5.12 Å². The summed E-state index contributed by atoms with van der Waals surface area (Å²) in [5.41, 5.74) is 7.36. The van der Waals surface area contributed by atoms with Gasteiger partial charge in [-0.05, 0) is 25.1 Å². The molecule has 0 aliphatic carbocycles. The summed E-state index contributed by atoms with van der Waals surface area (Å²) in [5, 5.41) is 0.0793. The second kappa shape index (κ2) is 8.28. The average Bonchev–Trinajstić information content (AvgIpc) is 2.40. The Morgan fingerprint density at radius 1 is 1.40 bits per heavy atom. The summed E-state index contributed by atoms with van der Waals surface area (Å²) in [6.45, 7) is 3.61. The Hall–Kier alpha value is -1.93. The highest BCUT2D eigenvalue weighted by Crippen LogP contribution is 2.14. The lowest BCUT2D eigenvalue weighted by Crippen LogP contribution is -2.05. The number of nitrogen functional groups attached to an aromatic ring is 1. The first kappa shape index (κ1) is 16.1. The van der Waals surface area contributed by atoms with Crippen LogP contribution < -0.4 is 5.73 Å². The van der Waals surface area contributed by atoms with Crippen LogP contribution in [0.5, 0.6) is 0 Å². The van der Waals surface area contributed by atoms with Crippen molar-refractivity contribution in [1.82, 2.24) is 0 Å². The molecule has 1 rings (SSSR count). The Labute approximate surface area is 123 Å². The summed E-state index contributed by atoms with van der Waals surface area (Å²) < 4.78 is 4.92. The second-order valence-electron chi connectivity index (χ2n) is 3.91. The van der Waals surface area contributed by atoms with E-state index in [0.717, 1.165) is 0 Å². The van der Waals surface area contributed by atoms with Gasteiger partial charge in [-0.2, -0.15) is 0 Å². The predicted molar refractivity (Wildman–Crippen MR) is 81.4 cm³/mol. The molecule has 0 fully saturated rings. The van der Waals surface area contributed by atoms with Gasteiger partial charge in [0, 0.05) is 30.3 Å². The van der Waals surface area contributed by atoms with Gasteiger partial charge < -0.3 is 10.5 Å². The smallest absolute Gasteiger partial charge is 0.338 e. The number of thioether (sulfide) groups is 1. The van der Waals surface area contributed by atoms with E-state index in [0.29, 0.717) is 35.6 Å². The van der Waals surface area contributed by atoms with Crippen molar-refractivity contribution in [2.75, 3.05) is 18.1 Å². The van der Waals surface area contributed by atoms with E-state index in [-0.39, 0.29) is 11.1 Å². The van der Waals surface area contributed by atoms with Crippen molar-refractivity contribution >= 4 is 28.5 Å². The number of ether oxygens (including phenoxy) is 1. The summed E-state index contributed by atoms with van der Waals surface area (Å²) in [4.78, 5) is 22.4. The zero-order valence-corrected chi connectivity index (χ0v) is 12.4. The molecule has 0 spiro atoms. The molecule has 1 aromatic rings. The molecule has 0 aromatic heterocycles. The van der Waals surface area contributed by atoms with Crippen molar-refractivity contribution in [2.24, 2.45) is 0 Å². The third-order valence-corrected chi connectivity index (χ3v) is 3.13. The Balaban J connectivity index is 2.74. The first-order chi connectivity index (χ1) is 9.54. The Morgan fingerprint density at radius 2 is 2.15 bits per heavy atom. The monoisotopic (exact) mass is 291 g/mol. The zero-order chi connectivity index (χ0) is 15.0. The van der Waals surface area contributed by atoms with Crippen molar-refractivity contribution in [3.05, 3.63) is 29.3 Å². The highest BCUT2D eigenvalue weighted by atomic mass is 32.2. The van der Waals surface area contributed by atoms with Crippen molar-refractivity contribution in [1.29, 1.82) is 0 Å². The number of carbonyl (C=O) groups excluding carboxylic acids is 2. The molecule has 20 heavy (non-hydrogen) atoms. The molecule has 106 valence electrons. The number of hydrogen-bond donors (Lipinski definition) is 1. The molecule has 0 saturated carbocycles. The van der Waals surface area contributed by atoms with Crippen LogP contribution in [0.3, 0.4) is 0 Å². The normalized spacial score (nSPS) is 9.50. The van der Waals surface area contributed by atoms with Crippen LogP contribution in [-0.2, 0) is 9.53 Å². The van der Waals surface area contributed by atoms with Crippen LogP contribution in [0.4, 0.5) is 5.69 Å². The van der Waals surface area contributed by atoms with Gasteiger partial charge in [-0.3, -0.25) is 4.79 Å². The molecule has 0 bridgehead atoms. The summed E-state index contributed by atoms with van der Waals surface area (Å²) >= 11 is 1.24. The van der Waals surface area contributed by atoms with Crippen molar-refractivity contribution < 1.29 is 14.3 Å². The molecule has 0 amide bonds. The molecule has 1 aromatic carbocycles. The lowest BCUT2D eigenvalue weighted by atomic mass is 10.1. The van der Waals surface area contributed by atoms with Gasteiger partial charge in [0.05, 0.1) is 12.2 Å². The SMILES string of the molecule is CCOC(=O)c1ccc(N)c(C#CCCSC(C)=O)c1. The van der Waals surface area contributed by atoms with Gasteiger partial charge in [-0.15, -0.1) is 0 Å². The van der Waals surface area contributed by atoms with E-state index in [1.165, 1.54) is 18.7 Å². The van der Waals surface area contributed by atoms with E-state index < -0.39 is 0 Å². The summed E-state index contributed by atoms with van der Waals surface area (Å²) in [6, 6.07) is 4.88. The summed E-state index contributed by atoms with van der Waals surface area (Å²) in [5.74, 6) is 6.12. The molecule has 5 heteroatoms.